The number of amides is 1. The Morgan fingerprint density at radius 3 is 2.56 bits per heavy atom. The number of carbonyl (C=O) groups excluding carboxylic acids is 1. The minimum atomic E-state index is -0.142. The Hall–Kier alpha value is -2.12. The highest BCUT2D eigenvalue weighted by Gasteiger charge is 2.32. The van der Waals surface area contributed by atoms with Gasteiger partial charge < -0.3 is 9.47 Å². The van der Waals surface area contributed by atoms with Gasteiger partial charge in [0, 0.05) is 30.4 Å². The Bertz CT molecular complexity index is 1020. The highest BCUT2D eigenvalue weighted by atomic mass is 32.2. The van der Waals surface area contributed by atoms with Crippen LogP contribution in [0.1, 0.15) is 54.9 Å². The van der Waals surface area contributed by atoms with Gasteiger partial charge in [-0.15, -0.1) is 21.5 Å². The molecule has 0 bridgehead atoms. The fourth-order valence-electron chi connectivity index (χ4n) is 4.55. The summed E-state index contributed by atoms with van der Waals surface area (Å²) >= 11 is 3.34. The van der Waals surface area contributed by atoms with Gasteiger partial charge in [-0.2, -0.15) is 0 Å². The minimum absolute atomic E-state index is 0.142. The van der Waals surface area contributed by atoms with E-state index in [1.165, 1.54) is 23.3 Å². The largest absolute Gasteiger partial charge is 0.342 e. The molecule has 1 saturated carbocycles. The van der Waals surface area contributed by atoms with Crippen molar-refractivity contribution >= 4 is 29.0 Å². The van der Waals surface area contributed by atoms with Crippen molar-refractivity contribution in [2.75, 3.05) is 13.1 Å². The zero-order valence-electron chi connectivity index (χ0n) is 18.5. The Morgan fingerprint density at radius 2 is 1.88 bits per heavy atom. The number of rotatable bonds is 8. The van der Waals surface area contributed by atoms with Crippen LogP contribution >= 0.6 is 23.1 Å². The summed E-state index contributed by atoms with van der Waals surface area (Å²) in [6, 6.07) is 15.4. The molecule has 2 aliphatic rings. The average molecular weight is 467 g/mol. The molecule has 7 heteroatoms. The van der Waals surface area contributed by atoms with Crippen LogP contribution in [0.3, 0.4) is 0 Å². The molecule has 1 amide bonds. The maximum Gasteiger partial charge on any atom is 0.235 e. The molecule has 3 heterocycles. The molecule has 2 fully saturated rings. The van der Waals surface area contributed by atoms with E-state index in [1.54, 1.807) is 23.1 Å². The third-order valence-corrected chi connectivity index (χ3v) is 8.40. The molecule has 1 unspecified atom stereocenters. The summed E-state index contributed by atoms with van der Waals surface area (Å²) in [5, 5.41) is 11.9. The number of nitrogens with zero attached hydrogens (tertiary/aromatic N) is 4. The Labute approximate surface area is 198 Å². The van der Waals surface area contributed by atoms with Crippen molar-refractivity contribution in [2.45, 2.75) is 61.9 Å². The van der Waals surface area contributed by atoms with Crippen LogP contribution in [0.15, 0.2) is 53.0 Å². The molecule has 5 nitrogen and oxygen atoms in total. The molecule has 1 atom stereocenters. The van der Waals surface area contributed by atoms with Crippen molar-refractivity contribution in [3.63, 3.8) is 0 Å². The van der Waals surface area contributed by atoms with Crippen LogP contribution in [0.5, 0.6) is 0 Å². The molecule has 0 spiro atoms. The SMILES string of the molecule is CC(Sc1nnc(Cc2cccs2)n1C1CC1)C(=O)N1CCC(Cc2ccccc2)CC1. The van der Waals surface area contributed by atoms with Gasteiger partial charge in [0.25, 0.3) is 0 Å². The first-order chi connectivity index (χ1) is 15.7. The molecule has 1 saturated heterocycles. The van der Waals surface area contributed by atoms with Crippen molar-refractivity contribution in [2.24, 2.45) is 5.92 Å². The monoisotopic (exact) mass is 466 g/mol. The fraction of sp³-hybridized carbons (Fsp3) is 0.480. The van der Waals surface area contributed by atoms with Gasteiger partial charge in [0.15, 0.2) is 5.16 Å². The van der Waals surface area contributed by atoms with Crippen molar-refractivity contribution in [3.8, 4) is 0 Å². The van der Waals surface area contributed by atoms with E-state index in [0.717, 1.165) is 49.8 Å². The average Bonchev–Trinajstić information content (AvgIpc) is 3.37. The van der Waals surface area contributed by atoms with Crippen LogP contribution in [0, 0.1) is 5.92 Å². The number of thioether (sulfide) groups is 1. The second kappa shape index (κ2) is 9.79. The molecule has 3 aromatic rings. The molecule has 2 aromatic heterocycles. The van der Waals surface area contributed by atoms with Crippen molar-refractivity contribution in [3.05, 3.63) is 64.1 Å². The standard InChI is InChI=1S/C25H30N4OS2/c1-18(24(30)28-13-11-20(12-14-28)16-19-6-3-2-4-7-19)32-25-27-26-23(29(25)21-9-10-21)17-22-8-5-15-31-22/h2-8,15,18,20-21H,9-14,16-17H2,1H3. The quantitative estimate of drug-likeness (QED) is 0.427. The van der Waals surface area contributed by atoms with Crippen molar-refractivity contribution < 1.29 is 4.79 Å². The van der Waals surface area contributed by atoms with E-state index in [9.17, 15) is 4.79 Å². The lowest BCUT2D eigenvalue weighted by molar-refractivity contribution is -0.131. The van der Waals surface area contributed by atoms with E-state index in [0.29, 0.717) is 12.0 Å². The van der Waals surface area contributed by atoms with Gasteiger partial charge in [0.05, 0.1) is 5.25 Å². The second-order valence-electron chi connectivity index (χ2n) is 8.97. The van der Waals surface area contributed by atoms with E-state index in [4.69, 9.17) is 0 Å². The lowest BCUT2D eigenvalue weighted by atomic mass is 9.90. The number of aromatic nitrogens is 3. The van der Waals surface area contributed by atoms with E-state index in [1.807, 2.05) is 6.92 Å². The van der Waals surface area contributed by atoms with E-state index < -0.39 is 0 Å². The first kappa shape index (κ1) is 21.7. The summed E-state index contributed by atoms with van der Waals surface area (Å²) < 4.78 is 2.29. The minimum Gasteiger partial charge on any atom is -0.342 e. The number of hydrogen-bond acceptors (Lipinski definition) is 5. The topological polar surface area (TPSA) is 51.0 Å². The van der Waals surface area contributed by atoms with Crippen molar-refractivity contribution in [1.82, 2.24) is 19.7 Å². The predicted octanol–water partition coefficient (Wildman–Crippen LogP) is 5.23. The molecule has 32 heavy (non-hydrogen) atoms. The molecule has 0 N–H and O–H groups in total. The summed E-state index contributed by atoms with van der Waals surface area (Å²) in [5.41, 5.74) is 1.40. The summed E-state index contributed by atoms with van der Waals surface area (Å²) in [7, 11) is 0. The normalized spacial score (nSPS) is 18.1. The van der Waals surface area contributed by atoms with Gasteiger partial charge >= 0.3 is 0 Å². The molecule has 0 radical (unpaired) electrons. The molecule has 1 aliphatic heterocycles. The van der Waals surface area contributed by atoms with Gasteiger partial charge in [0.2, 0.25) is 5.91 Å². The van der Waals surface area contributed by atoms with E-state index in [2.05, 4.69) is 67.5 Å². The summed E-state index contributed by atoms with van der Waals surface area (Å²) in [5.74, 6) is 1.93. The number of hydrogen-bond donors (Lipinski definition) is 0. The van der Waals surface area contributed by atoms with E-state index >= 15 is 0 Å². The highest BCUT2D eigenvalue weighted by molar-refractivity contribution is 8.00. The smallest absolute Gasteiger partial charge is 0.235 e. The van der Waals surface area contributed by atoms with Gasteiger partial charge in [-0.25, -0.2) is 0 Å². The summed E-state index contributed by atoms with van der Waals surface area (Å²) in [4.78, 5) is 16.5. The second-order valence-corrected chi connectivity index (χ2v) is 11.3. The molecule has 1 aliphatic carbocycles. The highest BCUT2D eigenvalue weighted by Crippen LogP contribution is 2.40. The van der Waals surface area contributed by atoms with Crippen LogP contribution < -0.4 is 0 Å². The number of likely N-dealkylation sites (tertiary alicyclic amines) is 1. The number of carbonyl (C=O) groups is 1. The van der Waals surface area contributed by atoms with E-state index in [-0.39, 0.29) is 11.2 Å². The fourth-order valence-corrected chi connectivity index (χ4v) is 6.27. The molecular weight excluding hydrogens is 436 g/mol. The van der Waals surface area contributed by atoms with Crippen LogP contribution in [0.25, 0.3) is 0 Å². The third kappa shape index (κ3) is 5.09. The maximum absolute atomic E-state index is 13.2. The van der Waals surface area contributed by atoms with Crippen LogP contribution in [-0.2, 0) is 17.6 Å². The van der Waals surface area contributed by atoms with Gasteiger partial charge in [-0.1, -0.05) is 48.2 Å². The first-order valence-corrected chi connectivity index (χ1v) is 13.4. The first-order valence-electron chi connectivity index (χ1n) is 11.6. The molecule has 168 valence electrons. The Morgan fingerprint density at radius 1 is 1.09 bits per heavy atom. The van der Waals surface area contributed by atoms with Crippen LogP contribution in [0.4, 0.5) is 0 Å². The number of thiophene rings is 1. The van der Waals surface area contributed by atoms with Crippen LogP contribution in [0.2, 0.25) is 0 Å². The predicted molar refractivity (Wildman–Crippen MR) is 130 cm³/mol. The van der Waals surface area contributed by atoms with Gasteiger partial charge in [-0.3, -0.25) is 4.79 Å². The van der Waals surface area contributed by atoms with Crippen LogP contribution in [-0.4, -0.2) is 43.9 Å². The maximum atomic E-state index is 13.2. The number of benzene rings is 1. The summed E-state index contributed by atoms with van der Waals surface area (Å²) in [6.07, 6.45) is 6.47. The number of piperidine rings is 1. The Balaban J connectivity index is 1.18. The lowest BCUT2D eigenvalue weighted by Gasteiger charge is -2.33. The lowest BCUT2D eigenvalue weighted by Crippen LogP contribution is -2.42. The molecule has 1 aromatic carbocycles. The van der Waals surface area contributed by atoms with Gasteiger partial charge in [-0.05, 0) is 62.0 Å². The van der Waals surface area contributed by atoms with Crippen molar-refractivity contribution in [1.29, 1.82) is 0 Å². The summed E-state index contributed by atoms with van der Waals surface area (Å²) in [6.45, 7) is 3.74. The zero-order valence-corrected chi connectivity index (χ0v) is 20.2. The zero-order chi connectivity index (χ0) is 21.9. The molecule has 5 rings (SSSR count). The molecular formula is C25H30N4OS2. The Kier molecular flexibility index (Phi) is 6.64. The van der Waals surface area contributed by atoms with Gasteiger partial charge in [0.1, 0.15) is 5.82 Å². The third-order valence-electron chi connectivity index (χ3n) is 6.48.